The summed E-state index contributed by atoms with van der Waals surface area (Å²) in [5.74, 6) is -1.14. The van der Waals surface area contributed by atoms with Crippen LogP contribution in [0, 0.1) is 23.5 Å². The van der Waals surface area contributed by atoms with E-state index in [1.54, 1.807) is 53.9 Å². The van der Waals surface area contributed by atoms with Gasteiger partial charge in [0.15, 0.2) is 11.5 Å². The third-order valence-electron chi connectivity index (χ3n) is 7.61. The lowest BCUT2D eigenvalue weighted by Crippen LogP contribution is -2.40. The molecule has 3 aromatic heterocycles. The Morgan fingerprint density at radius 2 is 1.83 bits per heavy atom. The monoisotopic (exact) mass is 580 g/mol. The number of fused-ring (bicyclic) bond motifs is 1. The summed E-state index contributed by atoms with van der Waals surface area (Å²) in [7, 11) is 1.53. The van der Waals surface area contributed by atoms with Crippen molar-refractivity contribution in [3.8, 4) is 28.5 Å². The zero-order valence-corrected chi connectivity index (χ0v) is 23.2. The van der Waals surface area contributed by atoms with E-state index in [9.17, 15) is 19.1 Å². The summed E-state index contributed by atoms with van der Waals surface area (Å²) in [6.45, 7) is 4.23. The second-order valence-electron chi connectivity index (χ2n) is 10.8. The predicted octanol–water partition coefficient (Wildman–Crippen LogP) is 4.54. The van der Waals surface area contributed by atoms with Crippen LogP contribution < -0.4 is 10.1 Å². The van der Waals surface area contributed by atoms with Gasteiger partial charge < -0.3 is 20.1 Å². The van der Waals surface area contributed by atoms with Crippen LogP contribution in [0.15, 0.2) is 47.3 Å². The van der Waals surface area contributed by atoms with Crippen molar-refractivity contribution in [2.45, 2.75) is 25.5 Å². The Labute approximate surface area is 237 Å². The molecule has 6 rings (SSSR count). The molecular formula is C28H26F2N6O4S. The first-order valence-corrected chi connectivity index (χ1v) is 13.8. The minimum Gasteiger partial charge on any atom is -0.474 e. The van der Waals surface area contributed by atoms with E-state index < -0.39 is 23.4 Å². The van der Waals surface area contributed by atoms with Gasteiger partial charge in [-0.15, -0.1) is 11.3 Å². The quantitative estimate of drug-likeness (QED) is 0.329. The van der Waals surface area contributed by atoms with Gasteiger partial charge in [0.05, 0.1) is 16.7 Å². The number of aromatic nitrogens is 4. The van der Waals surface area contributed by atoms with Crippen LogP contribution in [-0.4, -0.2) is 60.9 Å². The summed E-state index contributed by atoms with van der Waals surface area (Å²) in [4.78, 5) is 35.0. The summed E-state index contributed by atoms with van der Waals surface area (Å²) in [6.07, 6.45) is -1.39. The molecule has 0 radical (unpaired) electrons. The number of carbonyl (C=O) groups excluding carboxylic acids is 1. The third kappa shape index (κ3) is 5.01. The van der Waals surface area contributed by atoms with Crippen LogP contribution in [0.2, 0.25) is 0 Å². The van der Waals surface area contributed by atoms with E-state index >= 15 is 4.39 Å². The van der Waals surface area contributed by atoms with Crippen molar-refractivity contribution < 1.29 is 28.2 Å². The van der Waals surface area contributed by atoms with Crippen LogP contribution in [0.5, 0.6) is 5.88 Å². The highest BCUT2D eigenvalue weighted by molar-refractivity contribution is 7.07. The third-order valence-corrected chi connectivity index (χ3v) is 8.20. The number of carboxylic acid groups (broad SMARTS) is 1. The summed E-state index contributed by atoms with van der Waals surface area (Å²) < 4.78 is 36.2. The van der Waals surface area contributed by atoms with E-state index in [-0.39, 0.29) is 35.1 Å². The smallest absolute Gasteiger partial charge is 0.405 e. The molecule has 1 unspecified atom stereocenters. The lowest BCUT2D eigenvalue weighted by atomic mass is 9.93. The van der Waals surface area contributed by atoms with Gasteiger partial charge in [-0.1, -0.05) is 0 Å². The maximum Gasteiger partial charge on any atom is 0.405 e. The molecular weight excluding hydrogens is 554 g/mol. The molecule has 212 valence electrons. The van der Waals surface area contributed by atoms with Gasteiger partial charge in [0, 0.05) is 49.0 Å². The van der Waals surface area contributed by atoms with Crippen LogP contribution in [0.1, 0.15) is 29.9 Å². The number of halogens is 2. The molecule has 1 saturated heterocycles. The van der Waals surface area contributed by atoms with Gasteiger partial charge in [0.25, 0.3) is 5.91 Å². The number of hydrogen-bond acceptors (Lipinski definition) is 7. The number of benzene rings is 1. The fraction of sp³-hybridized carbons (Fsp3) is 0.321. The maximum atomic E-state index is 15.2. The molecule has 0 spiro atoms. The molecule has 2 N–H and O–H groups in total. The maximum absolute atomic E-state index is 15.2. The minimum atomic E-state index is -1.18. The van der Waals surface area contributed by atoms with Gasteiger partial charge >= 0.3 is 6.09 Å². The zero-order chi connectivity index (χ0) is 29.1. The number of ether oxygens (including phenoxy) is 1. The Bertz CT molecular complexity index is 1630. The number of nitrogens with zero attached hydrogens (tertiary/aromatic N) is 5. The van der Waals surface area contributed by atoms with E-state index in [1.807, 2.05) is 0 Å². The Kier molecular flexibility index (Phi) is 6.48. The fourth-order valence-electron chi connectivity index (χ4n) is 5.36. The first-order valence-electron chi connectivity index (χ1n) is 12.9. The first-order chi connectivity index (χ1) is 19.5. The molecule has 2 aliphatic rings. The number of likely N-dealkylation sites (tertiary alicyclic amines) is 1. The Morgan fingerprint density at radius 1 is 1.12 bits per heavy atom. The van der Waals surface area contributed by atoms with E-state index in [0.29, 0.717) is 41.5 Å². The number of rotatable bonds is 7. The molecule has 1 aliphatic heterocycles. The predicted molar refractivity (Wildman–Crippen MR) is 145 cm³/mol. The summed E-state index contributed by atoms with van der Waals surface area (Å²) in [5.41, 5.74) is 2.70. The average Bonchev–Trinajstić information content (AvgIpc) is 3.37. The summed E-state index contributed by atoms with van der Waals surface area (Å²) in [5, 5.41) is 17.7. The molecule has 1 aromatic carbocycles. The van der Waals surface area contributed by atoms with Gasteiger partial charge in [0.1, 0.15) is 23.3 Å². The van der Waals surface area contributed by atoms with Crippen molar-refractivity contribution >= 4 is 23.3 Å². The zero-order valence-electron chi connectivity index (χ0n) is 22.3. The standard InChI is InChI=1S/C28H26F2N6O4S/c1-28(2,33-27(38)39)15-8-19(14-4-6-16(29)7-5-14)32-21(9-15)40-25-17-10-36(11-18(17)25)26(37)24-22(30)23(34-35(24)3)20-12-41-13-31-20/h4-9,12-13,17-18,25,33H,10-11H2,1-3H3,(H,38,39)/t17-,18+,25?. The second kappa shape index (κ2) is 9.91. The SMILES string of the molecule is Cn1nc(-c2cscn2)c(F)c1C(=O)N1C[C@@H]2C(Oc3cc(C(C)(C)NC(=O)O)cc(-c4ccc(F)cc4)n3)[C@@H]2C1. The van der Waals surface area contributed by atoms with E-state index in [4.69, 9.17) is 4.74 Å². The molecule has 3 atom stereocenters. The number of hydrogen-bond donors (Lipinski definition) is 2. The molecule has 41 heavy (non-hydrogen) atoms. The molecule has 4 heterocycles. The number of amides is 2. The van der Waals surface area contributed by atoms with Gasteiger partial charge in [-0.25, -0.2) is 23.5 Å². The lowest BCUT2D eigenvalue weighted by molar-refractivity contribution is 0.0735. The van der Waals surface area contributed by atoms with Crippen molar-refractivity contribution in [3.05, 3.63) is 70.2 Å². The number of thiazole rings is 1. The number of aryl methyl sites for hydroxylation is 1. The molecule has 1 saturated carbocycles. The van der Waals surface area contributed by atoms with Crippen molar-refractivity contribution in [1.29, 1.82) is 0 Å². The fourth-order valence-corrected chi connectivity index (χ4v) is 5.90. The molecule has 13 heteroatoms. The molecule has 4 aromatic rings. The van der Waals surface area contributed by atoms with Crippen molar-refractivity contribution in [2.24, 2.45) is 18.9 Å². The second-order valence-corrected chi connectivity index (χ2v) is 11.5. The highest BCUT2D eigenvalue weighted by Gasteiger charge is 2.59. The molecule has 1 aliphatic carbocycles. The number of piperidine rings is 1. The van der Waals surface area contributed by atoms with Gasteiger partial charge in [-0.05, 0) is 49.7 Å². The molecule has 2 fully saturated rings. The summed E-state index contributed by atoms with van der Waals surface area (Å²) in [6, 6.07) is 9.27. The number of pyridine rings is 1. The molecule has 10 nitrogen and oxygen atoms in total. The highest BCUT2D eigenvalue weighted by Crippen LogP contribution is 2.48. The largest absolute Gasteiger partial charge is 0.474 e. The average molecular weight is 581 g/mol. The number of carbonyl (C=O) groups is 2. The van der Waals surface area contributed by atoms with Crippen LogP contribution in [-0.2, 0) is 12.6 Å². The number of nitrogens with one attached hydrogen (secondary N) is 1. The lowest BCUT2D eigenvalue weighted by Gasteiger charge is -2.26. The van der Waals surface area contributed by atoms with Crippen molar-refractivity contribution in [2.75, 3.05) is 13.1 Å². The topological polar surface area (TPSA) is 122 Å². The van der Waals surface area contributed by atoms with Crippen LogP contribution in [0.4, 0.5) is 13.6 Å². The minimum absolute atomic E-state index is 0.0399. The molecule has 2 amide bonds. The van der Waals surface area contributed by atoms with Crippen molar-refractivity contribution in [1.82, 2.24) is 30.0 Å². The summed E-state index contributed by atoms with van der Waals surface area (Å²) >= 11 is 1.32. The van der Waals surface area contributed by atoms with Crippen LogP contribution >= 0.6 is 11.3 Å². The van der Waals surface area contributed by atoms with Gasteiger partial charge in [0.2, 0.25) is 5.88 Å². The van der Waals surface area contributed by atoms with Crippen LogP contribution in [0.25, 0.3) is 22.6 Å². The highest BCUT2D eigenvalue weighted by atomic mass is 32.1. The van der Waals surface area contributed by atoms with Gasteiger partial charge in [-0.2, -0.15) is 5.10 Å². The first kappa shape index (κ1) is 26.8. The Balaban J connectivity index is 1.19. The van der Waals surface area contributed by atoms with E-state index in [0.717, 1.165) is 0 Å². The molecule has 0 bridgehead atoms. The Morgan fingerprint density at radius 3 is 2.46 bits per heavy atom. The van der Waals surface area contributed by atoms with E-state index in [1.165, 1.54) is 35.2 Å². The normalized spacial score (nSPS) is 19.6. The van der Waals surface area contributed by atoms with Gasteiger partial charge in [-0.3, -0.25) is 9.48 Å². The van der Waals surface area contributed by atoms with Crippen molar-refractivity contribution in [3.63, 3.8) is 0 Å². The van der Waals surface area contributed by atoms with E-state index in [2.05, 4.69) is 20.4 Å². The Hall–Kier alpha value is -4.39. The van der Waals surface area contributed by atoms with Crippen LogP contribution in [0.3, 0.4) is 0 Å².